The molecule has 1 aliphatic rings. The van der Waals surface area contributed by atoms with Gasteiger partial charge in [-0.15, -0.1) is 24.0 Å². The van der Waals surface area contributed by atoms with Gasteiger partial charge in [0.05, 0.1) is 13.2 Å². The van der Waals surface area contributed by atoms with Crippen LogP contribution in [0.15, 0.2) is 23.2 Å². The summed E-state index contributed by atoms with van der Waals surface area (Å²) in [5.41, 5.74) is 2.21. The molecule has 2 rings (SSSR count). The second-order valence-electron chi connectivity index (χ2n) is 8.13. The van der Waals surface area contributed by atoms with Crippen molar-refractivity contribution in [3.05, 3.63) is 29.3 Å². The summed E-state index contributed by atoms with van der Waals surface area (Å²) >= 11 is 0. The van der Waals surface area contributed by atoms with Crippen molar-refractivity contribution in [2.45, 2.75) is 58.9 Å². The summed E-state index contributed by atoms with van der Waals surface area (Å²) in [5, 5.41) is 9.57. The molecule has 1 fully saturated rings. The Bertz CT molecular complexity index is 694. The smallest absolute Gasteiger partial charge is 0.220 e. The Labute approximate surface area is 210 Å². The molecule has 0 aliphatic heterocycles. The highest BCUT2D eigenvalue weighted by atomic mass is 127. The molecule has 1 aromatic rings. The van der Waals surface area contributed by atoms with E-state index in [9.17, 15) is 4.79 Å². The van der Waals surface area contributed by atoms with Gasteiger partial charge in [0.25, 0.3) is 0 Å². The number of amides is 1. The molecule has 3 N–H and O–H groups in total. The molecule has 0 unspecified atom stereocenters. The van der Waals surface area contributed by atoms with Crippen molar-refractivity contribution < 1.29 is 14.3 Å². The van der Waals surface area contributed by atoms with Crippen LogP contribution in [0, 0.1) is 12.8 Å². The number of aliphatic imine (C=N–C) groups is 1. The molecule has 1 aromatic carbocycles. The van der Waals surface area contributed by atoms with E-state index in [2.05, 4.69) is 41.1 Å². The Kier molecular flexibility index (Phi) is 15.1. The zero-order chi connectivity index (χ0) is 22.3. The van der Waals surface area contributed by atoms with Crippen molar-refractivity contribution >= 4 is 35.8 Å². The number of nitrogens with zero attached hydrogens (tertiary/aromatic N) is 1. The van der Waals surface area contributed by atoms with Gasteiger partial charge in [0.15, 0.2) is 5.96 Å². The average Bonchev–Trinajstić information content (AvgIpc) is 3.26. The molecule has 0 heterocycles. The fourth-order valence-electron chi connectivity index (χ4n) is 3.75. The van der Waals surface area contributed by atoms with E-state index in [4.69, 9.17) is 14.5 Å². The van der Waals surface area contributed by atoms with E-state index in [1.807, 2.05) is 6.92 Å². The lowest BCUT2D eigenvalue weighted by Gasteiger charge is -2.14. The van der Waals surface area contributed by atoms with Crippen LogP contribution in [0.5, 0.6) is 5.75 Å². The van der Waals surface area contributed by atoms with Crippen molar-refractivity contribution in [2.75, 3.05) is 40.0 Å². The quantitative estimate of drug-likeness (QED) is 0.148. The Hall–Kier alpha value is -1.55. The molecular weight excluding hydrogens is 519 g/mol. The summed E-state index contributed by atoms with van der Waals surface area (Å²) in [6, 6.07) is 6.20. The van der Waals surface area contributed by atoms with Crippen molar-refractivity contribution in [3.63, 3.8) is 0 Å². The van der Waals surface area contributed by atoms with E-state index in [1.54, 1.807) is 7.11 Å². The molecule has 0 aromatic heterocycles. The molecule has 32 heavy (non-hydrogen) atoms. The highest BCUT2D eigenvalue weighted by Gasteiger charge is 2.17. The molecule has 7 nitrogen and oxygen atoms in total. The van der Waals surface area contributed by atoms with Gasteiger partial charge in [0, 0.05) is 51.8 Å². The highest BCUT2D eigenvalue weighted by Crippen LogP contribution is 2.27. The first kappa shape index (κ1) is 28.5. The van der Waals surface area contributed by atoms with Crippen molar-refractivity contribution in [1.29, 1.82) is 0 Å². The van der Waals surface area contributed by atoms with Crippen molar-refractivity contribution in [2.24, 2.45) is 10.9 Å². The fourth-order valence-corrected chi connectivity index (χ4v) is 3.75. The maximum Gasteiger partial charge on any atom is 0.220 e. The molecule has 1 amide bonds. The average molecular weight is 561 g/mol. The number of benzene rings is 1. The minimum atomic E-state index is 0. The molecule has 0 bridgehead atoms. The van der Waals surface area contributed by atoms with E-state index in [0.717, 1.165) is 35.8 Å². The molecule has 1 aliphatic carbocycles. The first-order chi connectivity index (χ1) is 15.1. The zero-order valence-corrected chi connectivity index (χ0v) is 22.2. The maximum atomic E-state index is 12.1. The summed E-state index contributed by atoms with van der Waals surface area (Å²) in [6.07, 6.45) is 6.43. The molecule has 0 spiro atoms. The first-order valence-corrected chi connectivity index (χ1v) is 11.6. The van der Waals surface area contributed by atoms with Crippen LogP contribution >= 0.6 is 24.0 Å². The van der Waals surface area contributed by atoms with Gasteiger partial charge in [-0.05, 0) is 44.2 Å². The van der Waals surface area contributed by atoms with Gasteiger partial charge in [-0.1, -0.05) is 25.0 Å². The molecule has 0 radical (unpaired) electrons. The van der Waals surface area contributed by atoms with Crippen LogP contribution in [-0.4, -0.2) is 51.8 Å². The lowest BCUT2D eigenvalue weighted by Crippen LogP contribution is -2.41. The normalized spacial score (nSPS) is 14.0. The standard InChI is InChI=1S/C24H40N4O3.HI/c1-4-25-24(27-13-12-26-23(29)17-20-8-5-6-9-20)28-18-21-11-10-19(2)16-22(21)31-15-7-14-30-3;/h10-11,16,20H,4-9,12-15,17-18H2,1-3H3,(H,26,29)(H2,25,27,28);1H. The number of ether oxygens (including phenoxy) is 2. The summed E-state index contributed by atoms with van der Waals surface area (Å²) in [6.45, 7) is 7.92. The van der Waals surface area contributed by atoms with E-state index < -0.39 is 0 Å². The molecular formula is C24H41IN4O3. The van der Waals surface area contributed by atoms with Crippen LogP contribution < -0.4 is 20.7 Å². The number of carbonyl (C=O) groups excluding carboxylic acids is 1. The minimum Gasteiger partial charge on any atom is -0.493 e. The van der Waals surface area contributed by atoms with Crippen LogP contribution in [-0.2, 0) is 16.1 Å². The Morgan fingerprint density at radius 2 is 1.88 bits per heavy atom. The summed E-state index contributed by atoms with van der Waals surface area (Å²) in [4.78, 5) is 16.8. The number of halogens is 1. The van der Waals surface area contributed by atoms with Crippen LogP contribution in [0.3, 0.4) is 0 Å². The van der Waals surface area contributed by atoms with Crippen molar-refractivity contribution in [3.8, 4) is 5.75 Å². The first-order valence-electron chi connectivity index (χ1n) is 11.6. The molecule has 8 heteroatoms. The third-order valence-electron chi connectivity index (χ3n) is 5.41. The van der Waals surface area contributed by atoms with Crippen LogP contribution in [0.1, 0.15) is 56.6 Å². The second kappa shape index (κ2) is 17.0. The number of nitrogens with one attached hydrogen (secondary N) is 3. The van der Waals surface area contributed by atoms with E-state index in [1.165, 1.54) is 25.7 Å². The summed E-state index contributed by atoms with van der Waals surface area (Å²) in [7, 11) is 1.70. The predicted octanol–water partition coefficient (Wildman–Crippen LogP) is 3.78. The number of rotatable bonds is 13. The van der Waals surface area contributed by atoms with Gasteiger partial charge < -0.3 is 25.4 Å². The third kappa shape index (κ3) is 11.4. The molecule has 0 saturated heterocycles. The molecule has 1 saturated carbocycles. The monoisotopic (exact) mass is 560 g/mol. The van der Waals surface area contributed by atoms with Gasteiger partial charge >= 0.3 is 0 Å². The summed E-state index contributed by atoms with van der Waals surface area (Å²) in [5.74, 6) is 2.34. The number of guanidine groups is 1. The lowest BCUT2D eigenvalue weighted by molar-refractivity contribution is -0.121. The van der Waals surface area contributed by atoms with Crippen LogP contribution in [0.4, 0.5) is 0 Å². The Morgan fingerprint density at radius 3 is 2.59 bits per heavy atom. The Balaban J connectivity index is 0.00000512. The van der Waals surface area contributed by atoms with Gasteiger partial charge in [-0.3, -0.25) is 4.79 Å². The van der Waals surface area contributed by atoms with E-state index in [0.29, 0.717) is 45.2 Å². The topological polar surface area (TPSA) is 84.0 Å². The number of hydrogen-bond donors (Lipinski definition) is 3. The minimum absolute atomic E-state index is 0. The predicted molar refractivity (Wildman–Crippen MR) is 141 cm³/mol. The number of aryl methyl sites for hydroxylation is 1. The largest absolute Gasteiger partial charge is 0.493 e. The highest BCUT2D eigenvalue weighted by molar-refractivity contribution is 14.0. The van der Waals surface area contributed by atoms with Crippen LogP contribution in [0.25, 0.3) is 0 Å². The molecule has 182 valence electrons. The number of hydrogen-bond acceptors (Lipinski definition) is 4. The Morgan fingerprint density at radius 1 is 1.12 bits per heavy atom. The van der Waals surface area contributed by atoms with Gasteiger partial charge in [-0.25, -0.2) is 4.99 Å². The fraction of sp³-hybridized carbons (Fsp3) is 0.667. The van der Waals surface area contributed by atoms with Crippen LogP contribution in [0.2, 0.25) is 0 Å². The number of carbonyl (C=O) groups is 1. The maximum absolute atomic E-state index is 12.1. The van der Waals surface area contributed by atoms with Gasteiger partial charge in [-0.2, -0.15) is 0 Å². The number of methoxy groups -OCH3 is 1. The van der Waals surface area contributed by atoms with Gasteiger partial charge in [0.2, 0.25) is 5.91 Å². The second-order valence-corrected chi connectivity index (χ2v) is 8.13. The summed E-state index contributed by atoms with van der Waals surface area (Å²) < 4.78 is 11.0. The van der Waals surface area contributed by atoms with Crippen molar-refractivity contribution in [1.82, 2.24) is 16.0 Å². The zero-order valence-electron chi connectivity index (χ0n) is 19.9. The van der Waals surface area contributed by atoms with Gasteiger partial charge in [0.1, 0.15) is 5.75 Å². The van der Waals surface area contributed by atoms with E-state index >= 15 is 0 Å². The SMILES string of the molecule is CCNC(=NCc1ccc(C)cc1OCCCOC)NCCNC(=O)CC1CCCC1.I. The lowest BCUT2D eigenvalue weighted by atomic mass is 10.0. The third-order valence-corrected chi connectivity index (χ3v) is 5.41. The van der Waals surface area contributed by atoms with E-state index in [-0.39, 0.29) is 29.9 Å². The molecule has 0 atom stereocenters.